The molecule has 1 saturated heterocycles. The lowest BCUT2D eigenvalue weighted by atomic mass is 9.78. The molecular formula is C15H22BNO4. The zero-order chi connectivity index (χ0) is 15.7. The highest BCUT2D eigenvalue weighted by molar-refractivity contribution is 6.62. The van der Waals surface area contributed by atoms with Crippen LogP contribution in [0, 0.1) is 0 Å². The van der Waals surface area contributed by atoms with Gasteiger partial charge in [-0.15, -0.1) is 0 Å². The van der Waals surface area contributed by atoms with Crippen molar-refractivity contribution in [3.8, 4) is 0 Å². The Balaban J connectivity index is 2.07. The van der Waals surface area contributed by atoms with Gasteiger partial charge in [0.25, 0.3) is 0 Å². The van der Waals surface area contributed by atoms with Gasteiger partial charge in [0.1, 0.15) is 0 Å². The maximum Gasteiger partial charge on any atom is 0.494 e. The zero-order valence-corrected chi connectivity index (χ0v) is 13.0. The summed E-state index contributed by atoms with van der Waals surface area (Å²) in [7, 11) is -0.387. The summed E-state index contributed by atoms with van der Waals surface area (Å²) in [6, 6.07) is 7.89. The van der Waals surface area contributed by atoms with E-state index < -0.39 is 6.09 Å². The van der Waals surface area contributed by atoms with Gasteiger partial charge in [-0.2, -0.15) is 0 Å². The molecule has 1 aromatic carbocycles. The third kappa shape index (κ3) is 3.57. The van der Waals surface area contributed by atoms with Crippen LogP contribution in [0.5, 0.6) is 0 Å². The van der Waals surface area contributed by atoms with Crippen LogP contribution in [0.3, 0.4) is 0 Å². The van der Waals surface area contributed by atoms with E-state index in [0.717, 1.165) is 11.0 Å². The van der Waals surface area contributed by atoms with E-state index in [4.69, 9.17) is 14.4 Å². The van der Waals surface area contributed by atoms with Crippen LogP contribution >= 0.6 is 0 Å². The SMILES string of the molecule is CC1(C)OB(c2cccc(CCNC(=O)O)c2)OC1(C)C. The molecule has 1 aliphatic heterocycles. The first kappa shape index (κ1) is 15.9. The van der Waals surface area contributed by atoms with Crippen LogP contribution in [0.1, 0.15) is 33.3 Å². The van der Waals surface area contributed by atoms with Gasteiger partial charge in [-0.25, -0.2) is 4.79 Å². The number of hydrogen-bond acceptors (Lipinski definition) is 3. The van der Waals surface area contributed by atoms with E-state index in [1.807, 2.05) is 52.0 Å². The van der Waals surface area contributed by atoms with Gasteiger partial charge >= 0.3 is 13.2 Å². The smallest absolute Gasteiger partial charge is 0.465 e. The molecule has 1 aliphatic rings. The molecule has 0 aliphatic carbocycles. The van der Waals surface area contributed by atoms with Crippen LogP contribution in [-0.2, 0) is 15.7 Å². The Morgan fingerprint density at radius 3 is 2.43 bits per heavy atom. The molecular weight excluding hydrogens is 269 g/mol. The van der Waals surface area contributed by atoms with Gasteiger partial charge in [0.05, 0.1) is 11.2 Å². The quantitative estimate of drug-likeness (QED) is 0.830. The third-order valence-corrected chi connectivity index (χ3v) is 4.17. The van der Waals surface area contributed by atoms with Gasteiger partial charge in [0.15, 0.2) is 0 Å². The maximum atomic E-state index is 10.5. The zero-order valence-electron chi connectivity index (χ0n) is 13.0. The summed E-state index contributed by atoms with van der Waals surface area (Å²) < 4.78 is 12.0. The van der Waals surface area contributed by atoms with E-state index in [9.17, 15) is 4.79 Å². The Labute approximate surface area is 125 Å². The van der Waals surface area contributed by atoms with Gasteiger partial charge < -0.3 is 19.7 Å². The van der Waals surface area contributed by atoms with Crippen molar-refractivity contribution in [1.82, 2.24) is 5.32 Å². The lowest BCUT2D eigenvalue weighted by Gasteiger charge is -2.32. The minimum absolute atomic E-state index is 0.363. The lowest BCUT2D eigenvalue weighted by molar-refractivity contribution is 0.00578. The molecule has 0 atom stereocenters. The van der Waals surface area contributed by atoms with Crippen LogP contribution in [0.4, 0.5) is 4.79 Å². The second-order valence-corrected chi connectivity index (χ2v) is 6.32. The summed E-state index contributed by atoms with van der Waals surface area (Å²) in [6.07, 6.45) is -0.364. The fourth-order valence-electron chi connectivity index (χ4n) is 2.19. The van der Waals surface area contributed by atoms with Crippen molar-refractivity contribution in [2.24, 2.45) is 0 Å². The molecule has 0 spiro atoms. The molecule has 0 bridgehead atoms. The van der Waals surface area contributed by atoms with Gasteiger partial charge in [0, 0.05) is 6.54 Å². The molecule has 2 rings (SSSR count). The topological polar surface area (TPSA) is 67.8 Å². The molecule has 114 valence electrons. The minimum Gasteiger partial charge on any atom is -0.465 e. The van der Waals surface area contributed by atoms with Gasteiger partial charge in [-0.05, 0) is 45.1 Å². The van der Waals surface area contributed by atoms with Crippen molar-refractivity contribution in [2.75, 3.05) is 6.54 Å². The summed E-state index contributed by atoms with van der Waals surface area (Å²) >= 11 is 0. The number of benzene rings is 1. The largest absolute Gasteiger partial charge is 0.494 e. The fourth-order valence-corrected chi connectivity index (χ4v) is 2.19. The maximum absolute atomic E-state index is 10.5. The average molecular weight is 291 g/mol. The first-order valence-electron chi connectivity index (χ1n) is 7.12. The van der Waals surface area contributed by atoms with Crippen LogP contribution in [0.15, 0.2) is 24.3 Å². The summed E-state index contributed by atoms with van der Waals surface area (Å²) in [6.45, 7) is 8.48. The van der Waals surface area contributed by atoms with Gasteiger partial charge in [-0.3, -0.25) is 0 Å². The van der Waals surface area contributed by atoms with Crippen LogP contribution in [-0.4, -0.2) is 36.1 Å². The van der Waals surface area contributed by atoms with E-state index in [1.54, 1.807) is 0 Å². The predicted octanol–water partition coefficient (Wildman–Crippen LogP) is 1.80. The van der Waals surface area contributed by atoms with E-state index in [2.05, 4.69) is 5.32 Å². The molecule has 1 heterocycles. The second-order valence-electron chi connectivity index (χ2n) is 6.32. The number of amides is 1. The van der Waals surface area contributed by atoms with Crippen molar-refractivity contribution in [2.45, 2.75) is 45.3 Å². The Kier molecular flexibility index (Phi) is 4.30. The van der Waals surface area contributed by atoms with Crippen molar-refractivity contribution < 1.29 is 19.2 Å². The molecule has 0 saturated carbocycles. The highest BCUT2D eigenvalue weighted by Crippen LogP contribution is 2.36. The number of nitrogens with one attached hydrogen (secondary N) is 1. The summed E-state index contributed by atoms with van der Waals surface area (Å²) in [5.74, 6) is 0. The van der Waals surface area contributed by atoms with Gasteiger partial charge in [-0.1, -0.05) is 24.3 Å². The van der Waals surface area contributed by atoms with E-state index in [0.29, 0.717) is 13.0 Å². The molecule has 2 N–H and O–H groups in total. The third-order valence-electron chi connectivity index (χ3n) is 4.17. The van der Waals surface area contributed by atoms with Crippen molar-refractivity contribution in [1.29, 1.82) is 0 Å². The van der Waals surface area contributed by atoms with E-state index in [1.165, 1.54) is 0 Å². The van der Waals surface area contributed by atoms with Crippen LogP contribution < -0.4 is 10.8 Å². The number of carboxylic acid groups (broad SMARTS) is 1. The molecule has 0 unspecified atom stereocenters. The van der Waals surface area contributed by atoms with E-state index >= 15 is 0 Å². The second kappa shape index (κ2) is 5.69. The summed E-state index contributed by atoms with van der Waals surface area (Å²) in [4.78, 5) is 10.5. The first-order valence-corrected chi connectivity index (χ1v) is 7.12. The highest BCUT2D eigenvalue weighted by Gasteiger charge is 2.51. The molecule has 5 nitrogen and oxygen atoms in total. The molecule has 1 aromatic rings. The lowest BCUT2D eigenvalue weighted by Crippen LogP contribution is -2.41. The predicted molar refractivity (Wildman–Crippen MR) is 81.9 cm³/mol. The number of rotatable bonds is 4. The van der Waals surface area contributed by atoms with Crippen molar-refractivity contribution >= 4 is 18.7 Å². The van der Waals surface area contributed by atoms with Crippen molar-refractivity contribution in [3.05, 3.63) is 29.8 Å². The standard InChI is InChI=1S/C15H22BNO4/c1-14(2)15(3,4)21-16(20-14)12-7-5-6-11(10-12)8-9-17-13(18)19/h5-7,10,17H,8-9H2,1-4H3,(H,18,19). The molecule has 21 heavy (non-hydrogen) atoms. The molecule has 0 radical (unpaired) electrons. The number of carbonyl (C=O) groups is 1. The molecule has 6 heteroatoms. The molecule has 1 fully saturated rings. The normalized spacial score (nSPS) is 19.5. The van der Waals surface area contributed by atoms with Crippen molar-refractivity contribution in [3.63, 3.8) is 0 Å². The Morgan fingerprint density at radius 2 is 1.86 bits per heavy atom. The highest BCUT2D eigenvalue weighted by atomic mass is 16.7. The molecule has 0 aromatic heterocycles. The number of hydrogen-bond donors (Lipinski definition) is 2. The first-order chi connectivity index (χ1) is 9.71. The van der Waals surface area contributed by atoms with E-state index in [-0.39, 0.29) is 18.3 Å². The Bertz CT molecular complexity index is 514. The average Bonchev–Trinajstić information content (AvgIpc) is 2.58. The Morgan fingerprint density at radius 1 is 1.24 bits per heavy atom. The fraction of sp³-hybridized carbons (Fsp3) is 0.533. The van der Waals surface area contributed by atoms with Crippen LogP contribution in [0.25, 0.3) is 0 Å². The molecule has 1 amide bonds. The van der Waals surface area contributed by atoms with Crippen LogP contribution in [0.2, 0.25) is 0 Å². The summed E-state index contributed by atoms with van der Waals surface area (Å²) in [5.41, 5.74) is 1.29. The monoisotopic (exact) mass is 291 g/mol. The van der Waals surface area contributed by atoms with Gasteiger partial charge in [0.2, 0.25) is 0 Å². The Hall–Kier alpha value is -1.53. The summed E-state index contributed by atoms with van der Waals surface area (Å²) in [5, 5.41) is 10.9. The minimum atomic E-state index is -1.00.